The van der Waals surface area contributed by atoms with E-state index in [0.29, 0.717) is 41.5 Å². The van der Waals surface area contributed by atoms with Crippen LogP contribution in [-0.2, 0) is 0 Å². The van der Waals surface area contributed by atoms with Crippen molar-refractivity contribution in [2.45, 2.75) is 0 Å². The molecule has 3 rings (SSSR count). The molecule has 0 spiro atoms. The fourth-order valence-corrected chi connectivity index (χ4v) is 3.93. The standard InChI is InChI=1S/C17H9Cl4NO2S/c18-9-5-6-13(11(19)7-9)24-14-4-2-1-3-12(14)22-17(23)10-8-15(20)25-16(10)21/h1-8H,(H,22,23). The fourth-order valence-electron chi connectivity index (χ4n) is 2.02. The maximum Gasteiger partial charge on any atom is 0.258 e. The second-order valence-electron chi connectivity index (χ2n) is 4.86. The summed E-state index contributed by atoms with van der Waals surface area (Å²) in [4.78, 5) is 12.4. The number of hydrogen-bond acceptors (Lipinski definition) is 3. The Morgan fingerprint density at radius 1 is 0.960 bits per heavy atom. The van der Waals surface area contributed by atoms with Gasteiger partial charge in [0, 0.05) is 5.02 Å². The summed E-state index contributed by atoms with van der Waals surface area (Å²) in [6.07, 6.45) is 0. The Balaban J connectivity index is 1.86. The molecule has 2 aromatic carbocycles. The number of ether oxygens (including phenoxy) is 1. The molecule has 0 aliphatic heterocycles. The minimum absolute atomic E-state index is 0.302. The molecular formula is C17H9Cl4NO2S. The van der Waals surface area contributed by atoms with E-state index in [9.17, 15) is 4.79 Å². The molecule has 0 saturated heterocycles. The maximum atomic E-state index is 12.4. The van der Waals surface area contributed by atoms with Crippen molar-refractivity contribution < 1.29 is 9.53 Å². The molecule has 0 bridgehead atoms. The van der Waals surface area contributed by atoms with Crippen LogP contribution >= 0.6 is 57.7 Å². The quantitative estimate of drug-likeness (QED) is 0.466. The molecule has 128 valence electrons. The maximum absolute atomic E-state index is 12.4. The molecule has 0 atom stereocenters. The van der Waals surface area contributed by atoms with Crippen molar-refractivity contribution in [3.8, 4) is 11.5 Å². The van der Waals surface area contributed by atoms with Crippen LogP contribution in [-0.4, -0.2) is 5.91 Å². The van der Waals surface area contributed by atoms with E-state index >= 15 is 0 Å². The topological polar surface area (TPSA) is 38.3 Å². The predicted molar refractivity (Wildman–Crippen MR) is 105 cm³/mol. The lowest BCUT2D eigenvalue weighted by molar-refractivity contribution is 0.102. The Kier molecular flexibility index (Phi) is 5.77. The van der Waals surface area contributed by atoms with Gasteiger partial charge in [0.1, 0.15) is 10.1 Å². The van der Waals surface area contributed by atoms with Crippen LogP contribution in [0.25, 0.3) is 0 Å². The van der Waals surface area contributed by atoms with Crippen molar-refractivity contribution in [1.29, 1.82) is 0 Å². The lowest BCUT2D eigenvalue weighted by atomic mass is 10.2. The van der Waals surface area contributed by atoms with Gasteiger partial charge < -0.3 is 10.1 Å². The largest absolute Gasteiger partial charge is 0.454 e. The molecule has 0 aliphatic rings. The summed E-state index contributed by atoms with van der Waals surface area (Å²) in [5.74, 6) is 0.466. The first kappa shape index (κ1) is 18.4. The molecule has 0 aliphatic carbocycles. The highest BCUT2D eigenvalue weighted by Crippen LogP contribution is 2.36. The molecular weight excluding hydrogens is 424 g/mol. The van der Waals surface area contributed by atoms with Gasteiger partial charge in [0.2, 0.25) is 0 Å². The minimum atomic E-state index is -0.383. The summed E-state index contributed by atoms with van der Waals surface area (Å²) in [5.41, 5.74) is 0.771. The Morgan fingerprint density at radius 3 is 2.40 bits per heavy atom. The molecule has 8 heteroatoms. The molecule has 1 heterocycles. The van der Waals surface area contributed by atoms with Gasteiger partial charge >= 0.3 is 0 Å². The highest BCUT2D eigenvalue weighted by atomic mass is 35.5. The highest BCUT2D eigenvalue weighted by Gasteiger charge is 2.16. The molecule has 1 aromatic heterocycles. The monoisotopic (exact) mass is 431 g/mol. The van der Waals surface area contributed by atoms with E-state index < -0.39 is 0 Å². The number of anilines is 1. The zero-order valence-electron chi connectivity index (χ0n) is 12.4. The molecule has 0 fully saturated rings. The van der Waals surface area contributed by atoms with E-state index in [0.717, 1.165) is 11.3 Å². The van der Waals surface area contributed by atoms with Crippen LogP contribution in [0.2, 0.25) is 18.7 Å². The molecule has 0 radical (unpaired) electrons. The third-order valence-electron chi connectivity index (χ3n) is 3.15. The Labute approximate surface area is 168 Å². The van der Waals surface area contributed by atoms with Crippen molar-refractivity contribution >= 4 is 69.3 Å². The van der Waals surface area contributed by atoms with Gasteiger partial charge in [-0.25, -0.2) is 0 Å². The van der Waals surface area contributed by atoms with Crippen LogP contribution in [0.5, 0.6) is 11.5 Å². The van der Waals surface area contributed by atoms with Gasteiger partial charge in [0.25, 0.3) is 5.91 Å². The first-order valence-corrected chi connectivity index (χ1v) is 9.25. The van der Waals surface area contributed by atoms with Crippen molar-refractivity contribution in [3.05, 3.63) is 72.8 Å². The van der Waals surface area contributed by atoms with Gasteiger partial charge in [-0.1, -0.05) is 58.5 Å². The second-order valence-corrected chi connectivity index (χ2v) is 7.99. The number of benzene rings is 2. The van der Waals surface area contributed by atoms with Crippen LogP contribution in [0.4, 0.5) is 5.69 Å². The molecule has 1 amide bonds. The number of hydrogen-bond donors (Lipinski definition) is 1. The Bertz CT molecular complexity index is 942. The second kappa shape index (κ2) is 7.85. The van der Waals surface area contributed by atoms with Crippen molar-refractivity contribution in [3.63, 3.8) is 0 Å². The summed E-state index contributed by atoms with van der Waals surface area (Å²) in [6.45, 7) is 0. The van der Waals surface area contributed by atoms with E-state index in [1.54, 1.807) is 42.5 Å². The van der Waals surface area contributed by atoms with Gasteiger partial charge in [-0.2, -0.15) is 0 Å². The van der Waals surface area contributed by atoms with Crippen LogP contribution in [0.3, 0.4) is 0 Å². The molecule has 1 N–H and O–H groups in total. The number of nitrogens with one attached hydrogen (secondary N) is 1. The summed E-state index contributed by atoms with van der Waals surface area (Å²) in [7, 11) is 0. The van der Waals surface area contributed by atoms with Gasteiger partial charge in [-0.3, -0.25) is 4.79 Å². The van der Waals surface area contributed by atoms with Gasteiger partial charge in [-0.15, -0.1) is 11.3 Å². The van der Waals surface area contributed by atoms with Crippen LogP contribution in [0.1, 0.15) is 10.4 Å². The van der Waals surface area contributed by atoms with E-state index in [1.807, 2.05) is 0 Å². The van der Waals surface area contributed by atoms with E-state index in [2.05, 4.69) is 5.32 Å². The number of carbonyl (C=O) groups is 1. The van der Waals surface area contributed by atoms with Crippen molar-refractivity contribution in [2.24, 2.45) is 0 Å². The fraction of sp³-hybridized carbons (Fsp3) is 0. The third kappa shape index (κ3) is 4.40. The average Bonchev–Trinajstić information content (AvgIpc) is 2.90. The highest BCUT2D eigenvalue weighted by molar-refractivity contribution is 7.20. The number of thiophene rings is 1. The lowest BCUT2D eigenvalue weighted by Crippen LogP contribution is -2.12. The van der Waals surface area contributed by atoms with Crippen molar-refractivity contribution in [1.82, 2.24) is 0 Å². The number of para-hydroxylation sites is 2. The van der Waals surface area contributed by atoms with Crippen LogP contribution < -0.4 is 10.1 Å². The third-order valence-corrected chi connectivity index (χ3v) is 5.17. The zero-order valence-corrected chi connectivity index (χ0v) is 16.2. The average molecular weight is 433 g/mol. The molecule has 25 heavy (non-hydrogen) atoms. The van der Waals surface area contributed by atoms with Gasteiger partial charge in [0.05, 0.1) is 20.6 Å². The van der Waals surface area contributed by atoms with Gasteiger partial charge in [0.15, 0.2) is 5.75 Å². The van der Waals surface area contributed by atoms with E-state index in [1.165, 1.54) is 6.07 Å². The first-order valence-electron chi connectivity index (χ1n) is 6.92. The SMILES string of the molecule is O=C(Nc1ccccc1Oc1ccc(Cl)cc1Cl)c1cc(Cl)sc1Cl. The number of rotatable bonds is 4. The smallest absolute Gasteiger partial charge is 0.258 e. The summed E-state index contributed by atoms with van der Waals surface area (Å²) < 4.78 is 6.56. The van der Waals surface area contributed by atoms with E-state index in [4.69, 9.17) is 51.1 Å². The zero-order chi connectivity index (χ0) is 18.0. The number of halogens is 4. The predicted octanol–water partition coefficient (Wildman–Crippen LogP) is 7.41. The molecule has 3 nitrogen and oxygen atoms in total. The molecule has 0 saturated carbocycles. The van der Waals surface area contributed by atoms with Crippen LogP contribution in [0, 0.1) is 0 Å². The first-order chi connectivity index (χ1) is 11.9. The lowest BCUT2D eigenvalue weighted by Gasteiger charge is -2.13. The Morgan fingerprint density at radius 2 is 1.72 bits per heavy atom. The van der Waals surface area contributed by atoms with Gasteiger partial charge in [-0.05, 0) is 36.4 Å². The summed E-state index contributed by atoms with van der Waals surface area (Å²) in [6, 6.07) is 13.4. The number of carbonyl (C=O) groups excluding carboxylic acids is 1. The molecule has 3 aromatic rings. The minimum Gasteiger partial charge on any atom is -0.454 e. The Hall–Kier alpha value is -1.43. The van der Waals surface area contributed by atoms with Crippen molar-refractivity contribution in [2.75, 3.05) is 5.32 Å². The van der Waals surface area contributed by atoms with Crippen LogP contribution in [0.15, 0.2) is 48.5 Å². The van der Waals surface area contributed by atoms with E-state index in [-0.39, 0.29) is 5.91 Å². The number of amides is 1. The summed E-state index contributed by atoms with van der Waals surface area (Å²) in [5, 5.41) is 3.63. The normalized spacial score (nSPS) is 10.6. The summed E-state index contributed by atoms with van der Waals surface area (Å²) >= 11 is 25.1. The molecule has 0 unspecified atom stereocenters.